The zero-order chi connectivity index (χ0) is 14.1. The van der Waals surface area contributed by atoms with E-state index in [1.807, 2.05) is 24.3 Å². The van der Waals surface area contributed by atoms with Crippen molar-refractivity contribution >= 4 is 0 Å². The molecule has 1 heterocycles. The molecule has 3 nitrogen and oxygen atoms in total. The van der Waals surface area contributed by atoms with Gasteiger partial charge in [-0.15, -0.1) is 0 Å². The van der Waals surface area contributed by atoms with Crippen LogP contribution in [0.5, 0.6) is 11.5 Å². The van der Waals surface area contributed by atoms with E-state index in [0.29, 0.717) is 6.54 Å². The van der Waals surface area contributed by atoms with Gasteiger partial charge < -0.3 is 15.2 Å². The molecule has 1 atom stereocenters. The number of nitrogens with two attached hydrogens (primary N) is 1. The maximum Gasteiger partial charge on any atom is 0.131 e. The molecule has 3 rings (SSSR count). The first kappa shape index (κ1) is 13.0. The molecule has 0 aromatic heterocycles. The van der Waals surface area contributed by atoms with Gasteiger partial charge in [-0.1, -0.05) is 24.3 Å². The van der Waals surface area contributed by atoms with Crippen LogP contribution < -0.4 is 15.2 Å². The average Bonchev–Trinajstić information content (AvgIpc) is 2.90. The van der Waals surface area contributed by atoms with Gasteiger partial charge in [0.2, 0.25) is 0 Å². The van der Waals surface area contributed by atoms with Crippen LogP contribution in [0.15, 0.2) is 36.4 Å². The monoisotopic (exact) mass is 269 g/mol. The Morgan fingerprint density at radius 3 is 2.75 bits per heavy atom. The first-order chi connectivity index (χ1) is 9.72. The van der Waals surface area contributed by atoms with Crippen LogP contribution in [-0.2, 0) is 6.42 Å². The fraction of sp³-hybridized carbons (Fsp3) is 0.294. The lowest BCUT2D eigenvalue weighted by Gasteiger charge is -2.14. The number of hydrogen-bond acceptors (Lipinski definition) is 3. The van der Waals surface area contributed by atoms with Crippen LogP contribution in [0, 0.1) is 6.92 Å². The molecule has 2 N–H and O–H groups in total. The summed E-state index contributed by atoms with van der Waals surface area (Å²) in [6.07, 6.45) is 0.918. The Labute approximate surface area is 119 Å². The normalized spacial score (nSPS) is 16.6. The zero-order valence-electron chi connectivity index (χ0n) is 11.8. The van der Waals surface area contributed by atoms with Gasteiger partial charge in [-0.3, -0.25) is 0 Å². The number of benzene rings is 2. The second-order valence-electron chi connectivity index (χ2n) is 5.16. The molecule has 0 spiro atoms. The summed E-state index contributed by atoms with van der Waals surface area (Å²) in [6, 6.07) is 12.4. The molecular formula is C17H19NO2. The molecule has 1 aliphatic rings. The molecule has 0 saturated carbocycles. The van der Waals surface area contributed by atoms with Gasteiger partial charge in [0, 0.05) is 24.1 Å². The van der Waals surface area contributed by atoms with Crippen molar-refractivity contribution in [3.63, 3.8) is 0 Å². The van der Waals surface area contributed by atoms with Crippen molar-refractivity contribution in [2.24, 2.45) is 5.73 Å². The lowest BCUT2D eigenvalue weighted by atomic mass is 9.97. The first-order valence-corrected chi connectivity index (χ1v) is 6.86. The van der Waals surface area contributed by atoms with E-state index < -0.39 is 0 Å². The van der Waals surface area contributed by atoms with Crippen LogP contribution in [0.2, 0.25) is 0 Å². The quantitative estimate of drug-likeness (QED) is 0.931. The predicted molar refractivity (Wildman–Crippen MR) is 80.3 cm³/mol. The SMILES string of the molecule is COc1cc2c(c(-c3ccccc3C)c1)OC(CN)C2. The predicted octanol–water partition coefficient (Wildman–Crippen LogP) is 2.93. The fourth-order valence-corrected chi connectivity index (χ4v) is 2.73. The topological polar surface area (TPSA) is 44.5 Å². The minimum Gasteiger partial charge on any atom is -0.497 e. The van der Waals surface area contributed by atoms with Crippen molar-refractivity contribution in [1.82, 2.24) is 0 Å². The molecule has 104 valence electrons. The van der Waals surface area contributed by atoms with Crippen LogP contribution in [0.25, 0.3) is 11.1 Å². The second-order valence-corrected chi connectivity index (χ2v) is 5.16. The number of hydrogen-bond donors (Lipinski definition) is 1. The van der Waals surface area contributed by atoms with E-state index in [1.54, 1.807) is 7.11 Å². The van der Waals surface area contributed by atoms with Crippen molar-refractivity contribution < 1.29 is 9.47 Å². The maximum absolute atomic E-state index is 6.02. The summed E-state index contributed by atoms with van der Waals surface area (Å²) in [5, 5.41) is 0. The molecule has 0 amide bonds. The number of rotatable bonds is 3. The Hall–Kier alpha value is -2.00. The van der Waals surface area contributed by atoms with Gasteiger partial charge in [-0.2, -0.15) is 0 Å². The third kappa shape index (κ3) is 2.14. The Bertz CT molecular complexity index is 637. The molecular weight excluding hydrogens is 250 g/mol. The standard InChI is InChI=1S/C17H19NO2/c1-11-5-3-4-6-15(11)16-9-13(19-2)7-12-8-14(10-18)20-17(12)16/h3-7,9,14H,8,10,18H2,1-2H3. The Balaban J connectivity index is 2.16. The van der Waals surface area contributed by atoms with E-state index in [1.165, 1.54) is 16.7 Å². The Kier molecular flexibility index (Phi) is 3.36. The van der Waals surface area contributed by atoms with Crippen molar-refractivity contribution in [2.75, 3.05) is 13.7 Å². The number of methoxy groups -OCH3 is 1. The van der Waals surface area contributed by atoms with E-state index in [-0.39, 0.29) is 6.10 Å². The van der Waals surface area contributed by atoms with Crippen LogP contribution in [0.3, 0.4) is 0 Å². The van der Waals surface area contributed by atoms with E-state index in [2.05, 4.69) is 19.1 Å². The third-order valence-corrected chi connectivity index (χ3v) is 3.81. The van der Waals surface area contributed by atoms with E-state index in [4.69, 9.17) is 15.2 Å². The van der Waals surface area contributed by atoms with E-state index in [9.17, 15) is 0 Å². The van der Waals surface area contributed by atoms with Crippen LogP contribution in [0.1, 0.15) is 11.1 Å². The van der Waals surface area contributed by atoms with Gasteiger partial charge in [-0.05, 0) is 30.2 Å². The summed E-state index contributed by atoms with van der Waals surface area (Å²) in [7, 11) is 1.69. The molecule has 0 bridgehead atoms. The smallest absolute Gasteiger partial charge is 0.131 e. The maximum atomic E-state index is 6.02. The lowest BCUT2D eigenvalue weighted by molar-refractivity contribution is 0.242. The minimum absolute atomic E-state index is 0.0693. The average molecular weight is 269 g/mol. The third-order valence-electron chi connectivity index (χ3n) is 3.81. The van der Waals surface area contributed by atoms with Gasteiger partial charge in [-0.25, -0.2) is 0 Å². The van der Waals surface area contributed by atoms with Crippen molar-refractivity contribution in [3.8, 4) is 22.6 Å². The summed E-state index contributed by atoms with van der Waals surface area (Å²) in [4.78, 5) is 0. The molecule has 3 heteroatoms. The number of aryl methyl sites for hydroxylation is 1. The summed E-state index contributed by atoms with van der Waals surface area (Å²) in [5.74, 6) is 1.82. The Morgan fingerprint density at radius 2 is 2.05 bits per heavy atom. The molecule has 0 saturated heterocycles. The summed E-state index contributed by atoms with van der Waals surface area (Å²) >= 11 is 0. The van der Waals surface area contributed by atoms with Gasteiger partial charge >= 0.3 is 0 Å². The highest BCUT2D eigenvalue weighted by atomic mass is 16.5. The summed E-state index contributed by atoms with van der Waals surface area (Å²) < 4.78 is 11.4. The van der Waals surface area contributed by atoms with Crippen LogP contribution in [0.4, 0.5) is 0 Å². The molecule has 0 radical (unpaired) electrons. The molecule has 1 aliphatic heterocycles. The van der Waals surface area contributed by atoms with Crippen LogP contribution in [-0.4, -0.2) is 19.8 Å². The van der Waals surface area contributed by atoms with Crippen molar-refractivity contribution in [1.29, 1.82) is 0 Å². The van der Waals surface area contributed by atoms with Crippen LogP contribution >= 0.6 is 0 Å². The highest BCUT2D eigenvalue weighted by molar-refractivity contribution is 5.77. The van der Waals surface area contributed by atoms with Gasteiger partial charge in [0.25, 0.3) is 0 Å². The minimum atomic E-state index is 0.0693. The van der Waals surface area contributed by atoms with Crippen molar-refractivity contribution in [2.45, 2.75) is 19.4 Å². The molecule has 1 unspecified atom stereocenters. The molecule has 20 heavy (non-hydrogen) atoms. The van der Waals surface area contributed by atoms with Crippen molar-refractivity contribution in [3.05, 3.63) is 47.5 Å². The van der Waals surface area contributed by atoms with E-state index in [0.717, 1.165) is 23.5 Å². The lowest BCUT2D eigenvalue weighted by Crippen LogP contribution is -2.24. The largest absolute Gasteiger partial charge is 0.497 e. The summed E-state index contributed by atoms with van der Waals surface area (Å²) in [5.41, 5.74) is 10.4. The highest BCUT2D eigenvalue weighted by Gasteiger charge is 2.26. The first-order valence-electron chi connectivity index (χ1n) is 6.86. The number of fused-ring (bicyclic) bond motifs is 1. The molecule has 0 aliphatic carbocycles. The number of ether oxygens (including phenoxy) is 2. The molecule has 2 aromatic carbocycles. The summed E-state index contributed by atoms with van der Waals surface area (Å²) in [6.45, 7) is 2.64. The molecule has 2 aromatic rings. The van der Waals surface area contributed by atoms with Gasteiger partial charge in [0.1, 0.15) is 17.6 Å². The fourth-order valence-electron chi connectivity index (χ4n) is 2.73. The van der Waals surface area contributed by atoms with E-state index >= 15 is 0 Å². The zero-order valence-corrected chi connectivity index (χ0v) is 11.8. The highest BCUT2D eigenvalue weighted by Crippen LogP contribution is 2.42. The molecule has 0 fully saturated rings. The van der Waals surface area contributed by atoms with Gasteiger partial charge in [0.15, 0.2) is 0 Å². The second kappa shape index (κ2) is 5.17. The Morgan fingerprint density at radius 1 is 1.25 bits per heavy atom. The van der Waals surface area contributed by atoms with Gasteiger partial charge in [0.05, 0.1) is 7.11 Å².